The Balaban J connectivity index is 1.87. The van der Waals surface area contributed by atoms with E-state index in [9.17, 15) is 14.7 Å². The van der Waals surface area contributed by atoms with Gasteiger partial charge in [-0.25, -0.2) is 0 Å². The zero-order chi connectivity index (χ0) is 17.7. The molecule has 0 radical (unpaired) electrons. The van der Waals surface area contributed by atoms with Gasteiger partial charge in [0.2, 0.25) is 11.8 Å². The summed E-state index contributed by atoms with van der Waals surface area (Å²) in [5, 5.41) is 14.7. The van der Waals surface area contributed by atoms with Gasteiger partial charge < -0.3 is 15.7 Å². The molecular weight excluding hydrogens is 304 g/mol. The minimum atomic E-state index is -0.260. The van der Waals surface area contributed by atoms with Crippen molar-refractivity contribution in [2.75, 3.05) is 11.9 Å². The van der Waals surface area contributed by atoms with Crippen molar-refractivity contribution >= 4 is 17.5 Å². The average molecular weight is 326 g/mol. The van der Waals surface area contributed by atoms with Crippen molar-refractivity contribution in [1.29, 1.82) is 0 Å². The van der Waals surface area contributed by atoms with Gasteiger partial charge in [0.15, 0.2) is 0 Å². The van der Waals surface area contributed by atoms with Crippen LogP contribution in [0.25, 0.3) is 0 Å². The normalized spacial score (nSPS) is 10.3. The monoisotopic (exact) mass is 326 g/mol. The van der Waals surface area contributed by atoms with E-state index in [0.29, 0.717) is 0 Å². The van der Waals surface area contributed by atoms with E-state index in [0.717, 1.165) is 27.9 Å². The zero-order valence-corrected chi connectivity index (χ0v) is 14.1. The van der Waals surface area contributed by atoms with Gasteiger partial charge in [0.05, 0.1) is 13.0 Å². The van der Waals surface area contributed by atoms with Crippen molar-refractivity contribution in [1.82, 2.24) is 5.32 Å². The van der Waals surface area contributed by atoms with Crippen LogP contribution in [0.2, 0.25) is 0 Å². The van der Waals surface area contributed by atoms with Crippen molar-refractivity contribution < 1.29 is 14.7 Å². The Kier molecular flexibility index (Phi) is 5.58. The van der Waals surface area contributed by atoms with Crippen molar-refractivity contribution in [3.63, 3.8) is 0 Å². The number of benzene rings is 2. The van der Waals surface area contributed by atoms with Gasteiger partial charge in [0.1, 0.15) is 5.75 Å². The number of phenolic OH excluding ortho intramolecular Hbond substituents is 1. The molecule has 2 rings (SSSR count). The Bertz CT molecular complexity index is 729. The summed E-state index contributed by atoms with van der Waals surface area (Å²) in [7, 11) is 0. The predicted molar refractivity (Wildman–Crippen MR) is 94.1 cm³/mol. The second kappa shape index (κ2) is 7.64. The molecule has 5 nitrogen and oxygen atoms in total. The van der Waals surface area contributed by atoms with Crippen LogP contribution in [0.4, 0.5) is 5.69 Å². The first-order valence-corrected chi connectivity index (χ1v) is 7.77. The first-order valence-electron chi connectivity index (χ1n) is 7.77. The summed E-state index contributed by atoms with van der Waals surface area (Å²) in [6.45, 7) is 5.82. The second-order valence-corrected chi connectivity index (χ2v) is 5.94. The highest BCUT2D eigenvalue weighted by atomic mass is 16.3. The molecule has 0 saturated carbocycles. The number of carbonyl (C=O) groups is 2. The maximum absolute atomic E-state index is 12.0. The van der Waals surface area contributed by atoms with E-state index >= 15 is 0 Å². The van der Waals surface area contributed by atoms with Crippen LogP contribution >= 0.6 is 0 Å². The first-order chi connectivity index (χ1) is 11.3. The van der Waals surface area contributed by atoms with Gasteiger partial charge in [-0.1, -0.05) is 29.8 Å². The zero-order valence-electron chi connectivity index (χ0n) is 14.1. The maximum Gasteiger partial charge on any atom is 0.243 e. The molecule has 5 heteroatoms. The largest absolute Gasteiger partial charge is 0.508 e. The highest BCUT2D eigenvalue weighted by molar-refractivity contribution is 5.96. The van der Waals surface area contributed by atoms with E-state index in [-0.39, 0.29) is 30.5 Å². The van der Waals surface area contributed by atoms with E-state index in [1.54, 1.807) is 12.1 Å². The maximum atomic E-state index is 12.0. The van der Waals surface area contributed by atoms with Gasteiger partial charge in [-0.15, -0.1) is 0 Å². The number of hydrogen-bond donors (Lipinski definition) is 3. The lowest BCUT2D eigenvalue weighted by Crippen LogP contribution is -2.34. The average Bonchev–Trinajstić information content (AvgIpc) is 2.51. The van der Waals surface area contributed by atoms with E-state index in [1.165, 1.54) is 12.1 Å². The highest BCUT2D eigenvalue weighted by Crippen LogP contribution is 2.21. The van der Waals surface area contributed by atoms with Crippen LogP contribution in [0.15, 0.2) is 36.4 Å². The number of aromatic hydroxyl groups is 1. The van der Waals surface area contributed by atoms with Crippen LogP contribution in [0.5, 0.6) is 5.75 Å². The lowest BCUT2D eigenvalue weighted by molar-refractivity contribution is -0.123. The minimum Gasteiger partial charge on any atom is -0.508 e. The molecule has 0 unspecified atom stereocenters. The standard InChI is InChI=1S/C19H22N2O3/c1-12-8-13(2)19(14(3)9-12)21-18(24)11-20-17(23)10-15-4-6-16(22)7-5-15/h4-9,22H,10-11H2,1-3H3,(H,20,23)(H,21,24). The van der Waals surface area contributed by atoms with Crippen LogP contribution in [0, 0.1) is 20.8 Å². The highest BCUT2D eigenvalue weighted by Gasteiger charge is 2.10. The van der Waals surface area contributed by atoms with E-state index in [4.69, 9.17) is 0 Å². The molecule has 0 atom stereocenters. The van der Waals surface area contributed by atoms with Gasteiger partial charge in [0.25, 0.3) is 0 Å². The Morgan fingerprint density at radius 3 is 2.12 bits per heavy atom. The molecule has 0 aliphatic carbocycles. The fourth-order valence-corrected chi connectivity index (χ4v) is 2.60. The summed E-state index contributed by atoms with van der Waals surface area (Å²) in [6, 6.07) is 10.4. The van der Waals surface area contributed by atoms with Crippen molar-refractivity contribution in [3.8, 4) is 5.75 Å². The number of aryl methyl sites for hydroxylation is 3. The summed E-state index contributed by atoms with van der Waals surface area (Å²) in [5.41, 5.74) is 4.70. The number of nitrogens with one attached hydrogen (secondary N) is 2. The number of anilines is 1. The Morgan fingerprint density at radius 1 is 0.958 bits per heavy atom. The van der Waals surface area contributed by atoms with Crippen molar-refractivity contribution in [2.45, 2.75) is 27.2 Å². The summed E-state index contributed by atoms with van der Waals surface area (Å²) in [4.78, 5) is 23.9. The van der Waals surface area contributed by atoms with E-state index < -0.39 is 0 Å². The first kappa shape index (κ1) is 17.5. The summed E-state index contributed by atoms with van der Waals surface area (Å²) >= 11 is 0. The fourth-order valence-electron chi connectivity index (χ4n) is 2.60. The van der Waals surface area contributed by atoms with Crippen LogP contribution in [0.3, 0.4) is 0 Å². The molecule has 0 heterocycles. The molecule has 0 aromatic heterocycles. The van der Waals surface area contributed by atoms with Crippen LogP contribution < -0.4 is 10.6 Å². The summed E-state index contributed by atoms with van der Waals surface area (Å²) in [6.07, 6.45) is 0.163. The molecule has 0 aliphatic heterocycles. The number of rotatable bonds is 5. The lowest BCUT2D eigenvalue weighted by Gasteiger charge is -2.13. The molecular formula is C19H22N2O3. The van der Waals surface area contributed by atoms with Gasteiger partial charge >= 0.3 is 0 Å². The second-order valence-electron chi connectivity index (χ2n) is 5.94. The molecule has 0 spiro atoms. The van der Waals surface area contributed by atoms with Gasteiger partial charge in [-0.05, 0) is 49.6 Å². The number of hydrogen-bond acceptors (Lipinski definition) is 3. The Morgan fingerprint density at radius 2 is 1.54 bits per heavy atom. The minimum absolute atomic E-state index is 0.0797. The van der Waals surface area contributed by atoms with Crippen molar-refractivity contribution in [2.24, 2.45) is 0 Å². The molecule has 0 fully saturated rings. The Hall–Kier alpha value is -2.82. The predicted octanol–water partition coefficient (Wildman–Crippen LogP) is 2.61. The molecule has 0 saturated heterocycles. The molecule has 2 aromatic carbocycles. The summed E-state index contributed by atoms with van der Waals surface area (Å²) in [5.74, 6) is -0.348. The molecule has 126 valence electrons. The van der Waals surface area contributed by atoms with Gasteiger partial charge in [-0.2, -0.15) is 0 Å². The third-order valence-corrected chi connectivity index (χ3v) is 3.69. The lowest BCUT2D eigenvalue weighted by atomic mass is 10.1. The molecule has 0 bridgehead atoms. The molecule has 24 heavy (non-hydrogen) atoms. The van der Waals surface area contributed by atoms with Crippen LogP contribution in [0.1, 0.15) is 22.3 Å². The molecule has 2 aromatic rings. The number of amides is 2. The van der Waals surface area contributed by atoms with Crippen molar-refractivity contribution in [3.05, 3.63) is 58.7 Å². The van der Waals surface area contributed by atoms with Gasteiger partial charge in [0, 0.05) is 5.69 Å². The third-order valence-electron chi connectivity index (χ3n) is 3.69. The van der Waals surface area contributed by atoms with E-state index in [2.05, 4.69) is 10.6 Å². The van der Waals surface area contributed by atoms with Gasteiger partial charge in [-0.3, -0.25) is 9.59 Å². The van der Waals surface area contributed by atoms with E-state index in [1.807, 2.05) is 32.9 Å². The molecule has 0 aliphatic rings. The smallest absolute Gasteiger partial charge is 0.243 e. The third kappa shape index (κ3) is 4.84. The van der Waals surface area contributed by atoms with Crippen LogP contribution in [-0.4, -0.2) is 23.5 Å². The molecule has 3 N–H and O–H groups in total. The fraction of sp³-hybridized carbons (Fsp3) is 0.263. The Labute approximate surface area is 141 Å². The summed E-state index contributed by atoms with van der Waals surface area (Å²) < 4.78 is 0. The van der Waals surface area contributed by atoms with Crippen LogP contribution in [-0.2, 0) is 16.0 Å². The topological polar surface area (TPSA) is 78.4 Å². The number of phenols is 1. The SMILES string of the molecule is Cc1cc(C)c(NC(=O)CNC(=O)Cc2ccc(O)cc2)c(C)c1. The molecule has 2 amide bonds. The number of carbonyl (C=O) groups excluding carboxylic acids is 2. The quantitative estimate of drug-likeness (QED) is 0.790.